The molecule has 0 amide bonds. The van der Waals surface area contributed by atoms with Crippen molar-refractivity contribution in [2.75, 3.05) is 26.2 Å². The molecule has 2 aromatic rings. The molecule has 8 heteroatoms. The Hall–Kier alpha value is -1.77. The molecule has 0 radical (unpaired) electrons. The van der Waals surface area contributed by atoms with Crippen molar-refractivity contribution in [2.45, 2.75) is 31.7 Å². The molecular weight excluding hydrogens is 345 g/mol. The van der Waals surface area contributed by atoms with E-state index in [4.69, 9.17) is 4.52 Å². The van der Waals surface area contributed by atoms with Gasteiger partial charge in [0, 0.05) is 31.7 Å². The van der Waals surface area contributed by atoms with E-state index < -0.39 is 15.8 Å². The molecule has 2 heterocycles. The molecule has 1 aliphatic heterocycles. The van der Waals surface area contributed by atoms with Gasteiger partial charge in [0.1, 0.15) is 11.6 Å². The standard InChI is InChI=1S/C17H22FN3O3S/c1-13-17(14(2)24-19-13)12-20-8-3-9-21(11-10-20)25(22,23)16-6-4-15(18)5-7-16/h4-7H,3,8-12H2,1-2H3. The molecule has 1 aromatic heterocycles. The molecule has 1 fully saturated rings. The minimum Gasteiger partial charge on any atom is -0.361 e. The first kappa shape index (κ1) is 18.0. The van der Waals surface area contributed by atoms with Crippen molar-refractivity contribution in [3.05, 3.63) is 47.1 Å². The van der Waals surface area contributed by atoms with Crippen LogP contribution in [0.3, 0.4) is 0 Å². The Kier molecular flexibility index (Phi) is 5.21. The molecule has 0 N–H and O–H groups in total. The Morgan fingerprint density at radius 3 is 2.48 bits per heavy atom. The number of rotatable bonds is 4. The number of hydrogen-bond donors (Lipinski definition) is 0. The van der Waals surface area contributed by atoms with Crippen LogP contribution in [0, 0.1) is 19.7 Å². The Balaban J connectivity index is 1.70. The van der Waals surface area contributed by atoms with Crippen molar-refractivity contribution in [1.29, 1.82) is 0 Å². The zero-order valence-corrected chi connectivity index (χ0v) is 15.2. The lowest BCUT2D eigenvalue weighted by atomic mass is 10.2. The van der Waals surface area contributed by atoms with E-state index in [9.17, 15) is 12.8 Å². The molecule has 6 nitrogen and oxygen atoms in total. The fraction of sp³-hybridized carbons (Fsp3) is 0.471. The predicted octanol–water partition coefficient (Wildman–Crippen LogP) is 2.33. The first-order valence-electron chi connectivity index (χ1n) is 8.28. The molecule has 0 saturated carbocycles. The van der Waals surface area contributed by atoms with Crippen LogP contribution < -0.4 is 0 Å². The molecule has 3 rings (SSSR count). The number of sulfonamides is 1. The summed E-state index contributed by atoms with van der Waals surface area (Å²) in [7, 11) is -3.59. The monoisotopic (exact) mass is 367 g/mol. The number of aryl methyl sites for hydroxylation is 2. The van der Waals surface area contributed by atoms with Crippen molar-refractivity contribution >= 4 is 10.0 Å². The zero-order valence-electron chi connectivity index (χ0n) is 14.4. The van der Waals surface area contributed by atoms with E-state index in [-0.39, 0.29) is 4.90 Å². The number of benzene rings is 1. The highest BCUT2D eigenvalue weighted by atomic mass is 32.2. The summed E-state index contributed by atoms with van der Waals surface area (Å²) in [5, 5.41) is 3.97. The Morgan fingerprint density at radius 2 is 1.84 bits per heavy atom. The maximum Gasteiger partial charge on any atom is 0.243 e. The van der Waals surface area contributed by atoms with E-state index in [2.05, 4.69) is 10.1 Å². The lowest BCUT2D eigenvalue weighted by molar-refractivity contribution is 0.276. The first-order valence-corrected chi connectivity index (χ1v) is 9.72. The van der Waals surface area contributed by atoms with Crippen LogP contribution in [0.2, 0.25) is 0 Å². The van der Waals surface area contributed by atoms with Gasteiger partial charge in [-0.1, -0.05) is 5.16 Å². The third-order valence-electron chi connectivity index (χ3n) is 4.56. The summed E-state index contributed by atoms with van der Waals surface area (Å²) in [4.78, 5) is 2.35. The fourth-order valence-electron chi connectivity index (χ4n) is 3.05. The second-order valence-corrected chi connectivity index (χ2v) is 8.23. The second-order valence-electron chi connectivity index (χ2n) is 6.29. The molecule has 1 aliphatic rings. The van der Waals surface area contributed by atoms with Gasteiger partial charge in [-0.3, -0.25) is 4.90 Å². The molecule has 1 saturated heterocycles. The SMILES string of the molecule is Cc1noc(C)c1CN1CCCN(S(=O)(=O)c2ccc(F)cc2)CC1. The number of nitrogens with zero attached hydrogens (tertiary/aromatic N) is 3. The lowest BCUT2D eigenvalue weighted by Crippen LogP contribution is -2.35. The van der Waals surface area contributed by atoms with Gasteiger partial charge in [-0.15, -0.1) is 0 Å². The van der Waals surface area contributed by atoms with Gasteiger partial charge in [0.25, 0.3) is 0 Å². The summed E-state index contributed by atoms with van der Waals surface area (Å²) in [5.41, 5.74) is 1.94. The summed E-state index contributed by atoms with van der Waals surface area (Å²) < 4.78 is 45.2. The zero-order chi connectivity index (χ0) is 18.0. The molecule has 25 heavy (non-hydrogen) atoms. The van der Waals surface area contributed by atoms with Gasteiger partial charge < -0.3 is 4.52 Å². The molecule has 0 atom stereocenters. The number of hydrogen-bond acceptors (Lipinski definition) is 5. The van der Waals surface area contributed by atoms with Gasteiger partial charge in [-0.05, 0) is 51.1 Å². The summed E-state index contributed by atoms with van der Waals surface area (Å²) in [5.74, 6) is 0.359. The number of aromatic nitrogens is 1. The Morgan fingerprint density at radius 1 is 1.12 bits per heavy atom. The maximum absolute atomic E-state index is 13.1. The van der Waals surface area contributed by atoms with E-state index in [1.807, 2.05) is 13.8 Å². The van der Waals surface area contributed by atoms with Crippen LogP contribution in [0.5, 0.6) is 0 Å². The van der Waals surface area contributed by atoms with Crippen LogP contribution in [-0.2, 0) is 16.6 Å². The van der Waals surface area contributed by atoms with Crippen LogP contribution in [0.4, 0.5) is 4.39 Å². The topological polar surface area (TPSA) is 66.7 Å². The molecular formula is C17H22FN3O3S. The highest BCUT2D eigenvalue weighted by molar-refractivity contribution is 7.89. The summed E-state index contributed by atoms with van der Waals surface area (Å²) in [6.45, 7) is 6.80. The number of halogens is 1. The Labute approximate surface area is 147 Å². The van der Waals surface area contributed by atoms with Gasteiger partial charge >= 0.3 is 0 Å². The van der Waals surface area contributed by atoms with Crippen LogP contribution in [0.25, 0.3) is 0 Å². The second kappa shape index (κ2) is 7.23. The highest BCUT2D eigenvalue weighted by Gasteiger charge is 2.27. The fourth-order valence-corrected chi connectivity index (χ4v) is 4.52. The van der Waals surface area contributed by atoms with Crippen molar-refractivity contribution in [3.63, 3.8) is 0 Å². The van der Waals surface area contributed by atoms with Crippen molar-refractivity contribution in [1.82, 2.24) is 14.4 Å². The molecule has 0 unspecified atom stereocenters. The third kappa shape index (κ3) is 3.91. The van der Waals surface area contributed by atoms with Crippen molar-refractivity contribution in [3.8, 4) is 0 Å². The summed E-state index contributed by atoms with van der Waals surface area (Å²) >= 11 is 0. The normalized spacial score (nSPS) is 17.6. The van der Waals surface area contributed by atoms with Crippen molar-refractivity contribution < 1.29 is 17.3 Å². The molecule has 0 spiro atoms. The van der Waals surface area contributed by atoms with Crippen LogP contribution in [-0.4, -0.2) is 49.0 Å². The average molecular weight is 367 g/mol. The summed E-state index contributed by atoms with van der Waals surface area (Å²) in [6.07, 6.45) is 0.740. The van der Waals surface area contributed by atoms with E-state index in [0.717, 1.165) is 30.0 Å². The van der Waals surface area contributed by atoms with Gasteiger partial charge in [0.15, 0.2) is 0 Å². The van der Waals surface area contributed by atoms with Gasteiger partial charge in [0.2, 0.25) is 10.0 Å². The average Bonchev–Trinajstić information content (AvgIpc) is 2.79. The van der Waals surface area contributed by atoms with Crippen LogP contribution in [0.15, 0.2) is 33.7 Å². The van der Waals surface area contributed by atoms with E-state index in [0.29, 0.717) is 26.2 Å². The smallest absolute Gasteiger partial charge is 0.243 e. The third-order valence-corrected chi connectivity index (χ3v) is 6.47. The maximum atomic E-state index is 13.1. The Bertz CT molecular complexity index is 814. The quantitative estimate of drug-likeness (QED) is 0.830. The van der Waals surface area contributed by atoms with E-state index in [1.165, 1.54) is 28.6 Å². The lowest BCUT2D eigenvalue weighted by Gasteiger charge is -2.21. The highest BCUT2D eigenvalue weighted by Crippen LogP contribution is 2.20. The molecule has 136 valence electrons. The van der Waals surface area contributed by atoms with Gasteiger partial charge in [-0.2, -0.15) is 4.31 Å². The van der Waals surface area contributed by atoms with Crippen LogP contribution in [0.1, 0.15) is 23.4 Å². The largest absolute Gasteiger partial charge is 0.361 e. The van der Waals surface area contributed by atoms with E-state index >= 15 is 0 Å². The van der Waals surface area contributed by atoms with Gasteiger partial charge in [-0.25, -0.2) is 12.8 Å². The molecule has 0 bridgehead atoms. The first-order chi connectivity index (χ1) is 11.9. The minimum absolute atomic E-state index is 0.132. The van der Waals surface area contributed by atoms with Crippen molar-refractivity contribution in [2.24, 2.45) is 0 Å². The minimum atomic E-state index is -3.59. The predicted molar refractivity (Wildman–Crippen MR) is 91.0 cm³/mol. The summed E-state index contributed by atoms with van der Waals surface area (Å²) in [6, 6.07) is 4.98. The van der Waals surface area contributed by atoms with Crippen LogP contribution >= 0.6 is 0 Å². The van der Waals surface area contributed by atoms with E-state index in [1.54, 1.807) is 0 Å². The molecule has 0 aliphatic carbocycles. The van der Waals surface area contributed by atoms with Gasteiger partial charge in [0.05, 0.1) is 10.6 Å². The molecule has 1 aromatic carbocycles.